The number of hydrogen-bond donors (Lipinski definition) is 1. The van der Waals surface area contributed by atoms with Gasteiger partial charge in [0.1, 0.15) is 0 Å². The van der Waals surface area contributed by atoms with E-state index in [-0.39, 0.29) is 6.10 Å². The van der Waals surface area contributed by atoms with Crippen molar-refractivity contribution in [3.63, 3.8) is 0 Å². The van der Waals surface area contributed by atoms with Crippen LogP contribution < -0.4 is 0 Å². The average molecular weight is 258 g/mol. The fraction of sp³-hybridized carbons (Fsp3) is 0.667. The van der Waals surface area contributed by atoms with Gasteiger partial charge in [-0.1, -0.05) is 50.3 Å². The number of hydrogen-bond acceptors (Lipinski definition) is 1. The lowest BCUT2D eigenvalue weighted by atomic mass is 9.85. The third-order valence-corrected chi connectivity index (χ3v) is 5.08. The van der Waals surface area contributed by atoms with Crippen molar-refractivity contribution in [2.75, 3.05) is 0 Å². The molecule has 0 aliphatic heterocycles. The maximum absolute atomic E-state index is 10.4. The standard InChI is InChI=1S/C18H26O/c19-18(12-9-14-5-2-1-3-6-14)17-11-10-15-7-4-8-16(15)13-17/h10-11,13-14,18-19H,1-9,12H2. The summed E-state index contributed by atoms with van der Waals surface area (Å²) in [5.74, 6) is 0.873. The highest BCUT2D eigenvalue weighted by molar-refractivity contribution is 5.36. The molecule has 0 heterocycles. The van der Waals surface area contributed by atoms with Crippen molar-refractivity contribution in [3.8, 4) is 0 Å². The highest BCUT2D eigenvalue weighted by atomic mass is 16.3. The topological polar surface area (TPSA) is 20.2 Å². The molecule has 19 heavy (non-hydrogen) atoms. The highest BCUT2D eigenvalue weighted by Crippen LogP contribution is 2.31. The molecule has 1 N–H and O–H groups in total. The van der Waals surface area contributed by atoms with Crippen molar-refractivity contribution in [1.82, 2.24) is 0 Å². The van der Waals surface area contributed by atoms with E-state index in [4.69, 9.17) is 0 Å². The van der Waals surface area contributed by atoms with Gasteiger partial charge in [-0.05, 0) is 54.7 Å². The number of benzene rings is 1. The Hall–Kier alpha value is -0.820. The van der Waals surface area contributed by atoms with Crippen LogP contribution in [0.25, 0.3) is 0 Å². The largest absolute Gasteiger partial charge is 0.388 e. The number of aryl methyl sites for hydroxylation is 2. The Balaban J connectivity index is 1.56. The van der Waals surface area contributed by atoms with Crippen LogP contribution in [0.4, 0.5) is 0 Å². The average Bonchev–Trinajstić information content (AvgIpc) is 2.93. The van der Waals surface area contributed by atoms with Gasteiger partial charge in [-0.15, -0.1) is 0 Å². The van der Waals surface area contributed by atoms with Crippen LogP contribution in [0.5, 0.6) is 0 Å². The van der Waals surface area contributed by atoms with Crippen LogP contribution in [-0.2, 0) is 12.8 Å². The van der Waals surface area contributed by atoms with Gasteiger partial charge in [0.05, 0.1) is 6.10 Å². The van der Waals surface area contributed by atoms with Gasteiger partial charge >= 0.3 is 0 Å². The zero-order valence-corrected chi connectivity index (χ0v) is 11.9. The molecule has 1 saturated carbocycles. The summed E-state index contributed by atoms with van der Waals surface area (Å²) in [4.78, 5) is 0. The molecule has 1 aromatic rings. The van der Waals surface area contributed by atoms with E-state index in [0.29, 0.717) is 0 Å². The van der Waals surface area contributed by atoms with E-state index in [1.807, 2.05) is 0 Å². The molecule has 0 bridgehead atoms. The van der Waals surface area contributed by atoms with E-state index in [1.54, 1.807) is 0 Å². The molecule has 1 nitrogen and oxygen atoms in total. The monoisotopic (exact) mass is 258 g/mol. The minimum Gasteiger partial charge on any atom is -0.388 e. The van der Waals surface area contributed by atoms with Crippen LogP contribution in [-0.4, -0.2) is 5.11 Å². The van der Waals surface area contributed by atoms with Crippen molar-refractivity contribution in [3.05, 3.63) is 34.9 Å². The van der Waals surface area contributed by atoms with E-state index >= 15 is 0 Å². The molecule has 2 aliphatic carbocycles. The van der Waals surface area contributed by atoms with Crippen LogP contribution in [0.1, 0.15) is 74.2 Å². The summed E-state index contributed by atoms with van der Waals surface area (Å²) in [6, 6.07) is 6.64. The van der Waals surface area contributed by atoms with Crippen molar-refractivity contribution in [1.29, 1.82) is 0 Å². The predicted octanol–water partition coefficient (Wildman–Crippen LogP) is 4.57. The maximum Gasteiger partial charge on any atom is 0.0790 e. The molecule has 104 valence electrons. The normalized spacial score (nSPS) is 21.3. The summed E-state index contributed by atoms with van der Waals surface area (Å²) >= 11 is 0. The Bertz CT molecular complexity index is 418. The van der Waals surface area contributed by atoms with Gasteiger partial charge in [-0.3, -0.25) is 0 Å². The van der Waals surface area contributed by atoms with Gasteiger partial charge < -0.3 is 5.11 Å². The zero-order valence-electron chi connectivity index (χ0n) is 11.9. The summed E-state index contributed by atoms with van der Waals surface area (Å²) in [6.07, 6.45) is 12.6. The first-order chi connectivity index (χ1) is 9.33. The van der Waals surface area contributed by atoms with E-state index in [9.17, 15) is 5.11 Å². The van der Waals surface area contributed by atoms with Gasteiger partial charge in [-0.25, -0.2) is 0 Å². The third kappa shape index (κ3) is 3.20. The summed E-state index contributed by atoms with van der Waals surface area (Å²) in [6.45, 7) is 0. The summed E-state index contributed by atoms with van der Waals surface area (Å²) in [7, 11) is 0. The second-order valence-electron chi connectivity index (χ2n) is 6.48. The van der Waals surface area contributed by atoms with Crippen molar-refractivity contribution < 1.29 is 5.11 Å². The minimum absolute atomic E-state index is 0.243. The zero-order chi connectivity index (χ0) is 13.1. The minimum atomic E-state index is -0.243. The molecule has 0 amide bonds. The first-order valence-corrected chi connectivity index (χ1v) is 8.13. The number of aliphatic hydroxyl groups is 1. The van der Waals surface area contributed by atoms with E-state index in [2.05, 4.69) is 18.2 Å². The summed E-state index contributed by atoms with van der Waals surface area (Å²) in [5, 5.41) is 10.4. The predicted molar refractivity (Wildman–Crippen MR) is 79.2 cm³/mol. The van der Waals surface area contributed by atoms with Gasteiger partial charge in [0.2, 0.25) is 0 Å². The number of aliphatic hydroxyl groups excluding tert-OH is 1. The van der Waals surface area contributed by atoms with E-state index in [1.165, 1.54) is 68.9 Å². The van der Waals surface area contributed by atoms with E-state index in [0.717, 1.165) is 17.9 Å². The first-order valence-electron chi connectivity index (χ1n) is 8.13. The molecule has 1 aromatic carbocycles. The molecule has 0 saturated heterocycles. The fourth-order valence-electron chi connectivity index (χ4n) is 3.84. The molecule has 3 rings (SSSR count). The molecular weight excluding hydrogens is 232 g/mol. The van der Waals surface area contributed by atoms with Crippen LogP contribution >= 0.6 is 0 Å². The Morgan fingerprint density at radius 2 is 1.79 bits per heavy atom. The van der Waals surface area contributed by atoms with Crippen molar-refractivity contribution in [2.24, 2.45) is 5.92 Å². The lowest BCUT2D eigenvalue weighted by Crippen LogP contribution is -2.08. The van der Waals surface area contributed by atoms with Gasteiger partial charge in [0.15, 0.2) is 0 Å². The first kappa shape index (κ1) is 13.2. The molecule has 1 unspecified atom stereocenters. The third-order valence-electron chi connectivity index (χ3n) is 5.08. The molecule has 0 spiro atoms. The second-order valence-corrected chi connectivity index (χ2v) is 6.48. The fourth-order valence-corrected chi connectivity index (χ4v) is 3.84. The summed E-state index contributed by atoms with van der Waals surface area (Å²) in [5.41, 5.74) is 4.13. The molecular formula is C18H26O. The van der Waals surface area contributed by atoms with Crippen LogP contribution in [0.15, 0.2) is 18.2 Å². The lowest BCUT2D eigenvalue weighted by Gasteiger charge is -2.22. The quantitative estimate of drug-likeness (QED) is 0.838. The Morgan fingerprint density at radius 1 is 1.00 bits per heavy atom. The second kappa shape index (κ2) is 6.09. The van der Waals surface area contributed by atoms with Crippen molar-refractivity contribution >= 4 is 0 Å². The van der Waals surface area contributed by atoms with Gasteiger partial charge in [0, 0.05) is 0 Å². The molecule has 0 radical (unpaired) electrons. The Morgan fingerprint density at radius 3 is 2.63 bits per heavy atom. The van der Waals surface area contributed by atoms with Gasteiger partial charge in [0.25, 0.3) is 0 Å². The van der Waals surface area contributed by atoms with E-state index < -0.39 is 0 Å². The Kier molecular flexibility index (Phi) is 4.22. The van der Waals surface area contributed by atoms with Crippen LogP contribution in [0, 0.1) is 5.92 Å². The molecule has 1 heteroatoms. The summed E-state index contributed by atoms with van der Waals surface area (Å²) < 4.78 is 0. The maximum atomic E-state index is 10.4. The van der Waals surface area contributed by atoms with Crippen LogP contribution in [0.3, 0.4) is 0 Å². The number of rotatable bonds is 4. The smallest absolute Gasteiger partial charge is 0.0790 e. The van der Waals surface area contributed by atoms with Gasteiger partial charge in [-0.2, -0.15) is 0 Å². The number of fused-ring (bicyclic) bond motifs is 1. The highest BCUT2D eigenvalue weighted by Gasteiger charge is 2.17. The van der Waals surface area contributed by atoms with Crippen molar-refractivity contribution in [2.45, 2.75) is 70.3 Å². The molecule has 1 atom stereocenters. The van der Waals surface area contributed by atoms with Crippen LogP contribution in [0.2, 0.25) is 0 Å². The Labute approximate surface area is 117 Å². The molecule has 0 aromatic heterocycles. The lowest BCUT2D eigenvalue weighted by molar-refractivity contribution is 0.151. The molecule has 1 fully saturated rings. The molecule has 2 aliphatic rings. The SMILES string of the molecule is OC(CCC1CCCCC1)c1ccc2c(c1)CCC2.